The second-order valence-electron chi connectivity index (χ2n) is 5.43. The summed E-state index contributed by atoms with van der Waals surface area (Å²) in [5.41, 5.74) is 3.76. The van der Waals surface area contributed by atoms with Crippen LogP contribution < -0.4 is 5.32 Å². The van der Waals surface area contributed by atoms with Gasteiger partial charge in [0.05, 0.1) is 12.2 Å². The highest BCUT2D eigenvalue weighted by Gasteiger charge is 2.16. The van der Waals surface area contributed by atoms with Crippen molar-refractivity contribution >= 4 is 15.9 Å². The number of hydrogen-bond acceptors (Lipinski definition) is 2. The summed E-state index contributed by atoms with van der Waals surface area (Å²) >= 11 is 3.64. The van der Waals surface area contributed by atoms with Crippen molar-refractivity contribution in [1.29, 1.82) is 0 Å². The molecule has 0 amide bonds. The van der Waals surface area contributed by atoms with Crippen molar-refractivity contribution in [2.75, 3.05) is 6.54 Å². The molecule has 114 valence electrons. The smallest absolute Gasteiger partial charge is 0.0608 e. The van der Waals surface area contributed by atoms with Crippen LogP contribution >= 0.6 is 15.9 Å². The summed E-state index contributed by atoms with van der Waals surface area (Å²) in [6, 6.07) is 6.77. The molecule has 2 rings (SSSR count). The van der Waals surface area contributed by atoms with E-state index in [4.69, 9.17) is 0 Å². The molecule has 0 aliphatic heterocycles. The van der Waals surface area contributed by atoms with Crippen LogP contribution in [0.4, 0.5) is 0 Å². The zero-order valence-electron chi connectivity index (χ0n) is 13.1. The molecular weight excluding hydrogens is 326 g/mol. The number of nitrogens with zero attached hydrogens (tertiary/aromatic N) is 2. The Labute approximate surface area is 135 Å². The van der Waals surface area contributed by atoms with Gasteiger partial charge < -0.3 is 5.32 Å². The van der Waals surface area contributed by atoms with Gasteiger partial charge in [0.25, 0.3) is 0 Å². The Morgan fingerprint density at radius 3 is 2.71 bits per heavy atom. The third kappa shape index (κ3) is 4.17. The summed E-state index contributed by atoms with van der Waals surface area (Å²) in [4.78, 5) is 0. The van der Waals surface area contributed by atoms with Crippen LogP contribution in [0.25, 0.3) is 0 Å². The number of aromatic nitrogens is 2. The molecule has 4 heteroatoms. The van der Waals surface area contributed by atoms with Crippen molar-refractivity contribution in [3.8, 4) is 0 Å². The van der Waals surface area contributed by atoms with Gasteiger partial charge in [-0.25, -0.2) is 0 Å². The number of halogens is 1. The van der Waals surface area contributed by atoms with E-state index in [9.17, 15) is 0 Å². The summed E-state index contributed by atoms with van der Waals surface area (Å²) in [6.07, 6.45) is 6.36. The quantitative estimate of drug-likeness (QED) is 0.799. The van der Waals surface area contributed by atoms with Crippen molar-refractivity contribution in [2.45, 2.75) is 46.2 Å². The number of hydrogen-bond donors (Lipinski definition) is 1. The predicted molar refractivity (Wildman–Crippen MR) is 91.5 cm³/mol. The fraction of sp³-hybridized carbons (Fsp3) is 0.471. The Kier molecular flexibility index (Phi) is 6.00. The molecule has 1 heterocycles. The highest BCUT2D eigenvalue weighted by atomic mass is 79.9. The second kappa shape index (κ2) is 7.76. The molecule has 0 aliphatic rings. The zero-order valence-corrected chi connectivity index (χ0v) is 14.7. The van der Waals surface area contributed by atoms with E-state index >= 15 is 0 Å². The molecule has 0 saturated carbocycles. The van der Waals surface area contributed by atoms with Gasteiger partial charge in [0.1, 0.15) is 0 Å². The Bertz CT molecular complexity index is 577. The zero-order chi connectivity index (χ0) is 15.2. The van der Waals surface area contributed by atoms with Gasteiger partial charge in [-0.1, -0.05) is 41.9 Å². The standard InChI is InChI=1S/C17H24BrN3/c1-4-8-19-17(14-7-6-13(3)16(18)10-14)15-11-20-21(12-15)9-5-2/h6-7,10-12,17,19H,4-5,8-9H2,1-3H3. The maximum absolute atomic E-state index is 4.47. The summed E-state index contributed by atoms with van der Waals surface area (Å²) in [6.45, 7) is 8.44. The van der Waals surface area contributed by atoms with Gasteiger partial charge in [-0.15, -0.1) is 0 Å². The average Bonchev–Trinajstić information content (AvgIpc) is 2.92. The van der Waals surface area contributed by atoms with Gasteiger partial charge in [-0.3, -0.25) is 4.68 Å². The largest absolute Gasteiger partial charge is 0.306 e. The van der Waals surface area contributed by atoms with E-state index in [1.54, 1.807) is 0 Å². The Morgan fingerprint density at radius 2 is 2.05 bits per heavy atom. The van der Waals surface area contributed by atoms with E-state index in [2.05, 4.69) is 71.5 Å². The third-order valence-corrected chi connectivity index (χ3v) is 4.42. The van der Waals surface area contributed by atoms with Crippen LogP contribution in [0.5, 0.6) is 0 Å². The summed E-state index contributed by atoms with van der Waals surface area (Å²) in [5.74, 6) is 0. The topological polar surface area (TPSA) is 29.9 Å². The monoisotopic (exact) mass is 349 g/mol. The maximum Gasteiger partial charge on any atom is 0.0608 e. The van der Waals surface area contributed by atoms with E-state index in [1.807, 2.05) is 10.9 Å². The lowest BCUT2D eigenvalue weighted by Crippen LogP contribution is -2.23. The SMILES string of the molecule is CCCNC(c1ccc(C)c(Br)c1)c1cnn(CCC)c1. The maximum atomic E-state index is 4.47. The van der Waals surface area contributed by atoms with Crippen molar-refractivity contribution in [3.05, 3.63) is 51.8 Å². The van der Waals surface area contributed by atoms with Crippen LogP contribution in [-0.2, 0) is 6.54 Å². The van der Waals surface area contributed by atoms with Crippen molar-refractivity contribution in [3.63, 3.8) is 0 Å². The molecule has 0 fully saturated rings. The second-order valence-corrected chi connectivity index (χ2v) is 6.29. The van der Waals surface area contributed by atoms with E-state index in [-0.39, 0.29) is 6.04 Å². The lowest BCUT2D eigenvalue weighted by Gasteiger charge is -2.18. The van der Waals surface area contributed by atoms with Gasteiger partial charge in [0.2, 0.25) is 0 Å². The minimum Gasteiger partial charge on any atom is -0.306 e. The summed E-state index contributed by atoms with van der Waals surface area (Å²) in [7, 11) is 0. The number of aryl methyl sites for hydroxylation is 2. The first-order valence-corrected chi connectivity index (χ1v) is 8.46. The minimum atomic E-state index is 0.201. The lowest BCUT2D eigenvalue weighted by molar-refractivity contribution is 0.588. The van der Waals surface area contributed by atoms with Crippen LogP contribution in [0.1, 0.15) is 49.4 Å². The number of benzene rings is 1. The van der Waals surface area contributed by atoms with Crippen molar-refractivity contribution < 1.29 is 0 Å². The van der Waals surface area contributed by atoms with E-state index in [1.165, 1.54) is 16.7 Å². The first-order valence-electron chi connectivity index (χ1n) is 7.67. The van der Waals surface area contributed by atoms with Gasteiger partial charge in [0, 0.05) is 22.8 Å². The predicted octanol–water partition coefficient (Wildman–Crippen LogP) is 4.45. The normalized spacial score (nSPS) is 12.6. The molecular formula is C17H24BrN3. The molecule has 0 saturated heterocycles. The number of rotatable bonds is 7. The van der Waals surface area contributed by atoms with Gasteiger partial charge in [-0.05, 0) is 43.5 Å². The highest BCUT2D eigenvalue weighted by Crippen LogP contribution is 2.26. The van der Waals surface area contributed by atoms with E-state index in [0.717, 1.165) is 30.4 Å². The summed E-state index contributed by atoms with van der Waals surface area (Å²) in [5, 5.41) is 8.10. The van der Waals surface area contributed by atoms with Crippen LogP contribution in [0.3, 0.4) is 0 Å². The molecule has 0 bridgehead atoms. The highest BCUT2D eigenvalue weighted by molar-refractivity contribution is 9.10. The average molecular weight is 350 g/mol. The molecule has 1 N–H and O–H groups in total. The molecule has 0 radical (unpaired) electrons. The first kappa shape index (κ1) is 16.2. The van der Waals surface area contributed by atoms with Crippen LogP contribution in [0.15, 0.2) is 35.1 Å². The Morgan fingerprint density at radius 1 is 1.24 bits per heavy atom. The molecule has 1 unspecified atom stereocenters. The van der Waals surface area contributed by atoms with Crippen LogP contribution in [0, 0.1) is 6.92 Å². The third-order valence-electron chi connectivity index (χ3n) is 3.57. The van der Waals surface area contributed by atoms with E-state index in [0.29, 0.717) is 0 Å². The molecule has 1 atom stereocenters. The lowest BCUT2D eigenvalue weighted by atomic mass is 10.0. The molecule has 3 nitrogen and oxygen atoms in total. The molecule has 21 heavy (non-hydrogen) atoms. The van der Waals surface area contributed by atoms with Crippen LogP contribution in [-0.4, -0.2) is 16.3 Å². The minimum absolute atomic E-state index is 0.201. The van der Waals surface area contributed by atoms with Gasteiger partial charge in [-0.2, -0.15) is 5.10 Å². The van der Waals surface area contributed by atoms with Gasteiger partial charge in [0.15, 0.2) is 0 Å². The Hall–Kier alpha value is -1.13. The molecule has 1 aromatic heterocycles. The fourth-order valence-corrected chi connectivity index (χ4v) is 2.78. The Balaban J connectivity index is 2.29. The molecule has 2 aromatic rings. The molecule has 0 spiro atoms. The van der Waals surface area contributed by atoms with Gasteiger partial charge >= 0.3 is 0 Å². The molecule has 0 aliphatic carbocycles. The van der Waals surface area contributed by atoms with Crippen LogP contribution in [0.2, 0.25) is 0 Å². The van der Waals surface area contributed by atoms with Crippen molar-refractivity contribution in [2.24, 2.45) is 0 Å². The molecule has 1 aromatic carbocycles. The number of nitrogens with one attached hydrogen (secondary N) is 1. The first-order chi connectivity index (χ1) is 10.2. The summed E-state index contributed by atoms with van der Waals surface area (Å²) < 4.78 is 3.18. The van der Waals surface area contributed by atoms with E-state index < -0.39 is 0 Å². The fourth-order valence-electron chi connectivity index (χ4n) is 2.39. The van der Waals surface area contributed by atoms with Crippen molar-refractivity contribution in [1.82, 2.24) is 15.1 Å².